The highest BCUT2D eigenvalue weighted by Crippen LogP contribution is 2.12. The Labute approximate surface area is 74.8 Å². The summed E-state index contributed by atoms with van der Waals surface area (Å²) in [7, 11) is 0. The van der Waals surface area contributed by atoms with Crippen LogP contribution in [0.2, 0.25) is 0 Å². The summed E-state index contributed by atoms with van der Waals surface area (Å²) in [6.45, 7) is 8.92. The van der Waals surface area contributed by atoms with Gasteiger partial charge in [-0.2, -0.15) is 0 Å². The van der Waals surface area contributed by atoms with Crippen molar-refractivity contribution >= 4 is 28.6 Å². The lowest BCUT2D eigenvalue weighted by atomic mass is 10.2. The molecule has 0 rings (SSSR count). The van der Waals surface area contributed by atoms with Crippen LogP contribution in [0.5, 0.6) is 0 Å². The lowest BCUT2D eigenvalue weighted by Gasteiger charge is -2.18. The molecule has 0 saturated heterocycles. The molecule has 2 nitrogen and oxygen atoms in total. The van der Waals surface area contributed by atoms with Gasteiger partial charge in [-0.05, 0) is 43.4 Å². The Hall–Kier alpha value is -0.0600. The van der Waals surface area contributed by atoms with Gasteiger partial charge in [0.25, 0.3) is 0 Å². The van der Waals surface area contributed by atoms with Crippen LogP contribution in [0.3, 0.4) is 0 Å². The second-order valence-corrected chi connectivity index (χ2v) is 4.21. The van der Waals surface area contributed by atoms with E-state index in [1.54, 1.807) is 0 Å². The normalized spacial score (nSPS) is 10.8. The van der Waals surface area contributed by atoms with Gasteiger partial charge in [0.05, 0.1) is 3.58 Å². The van der Waals surface area contributed by atoms with Crippen LogP contribution in [-0.4, -0.2) is 11.6 Å². The first-order valence-corrected chi connectivity index (χ1v) is 3.98. The third-order valence-electron chi connectivity index (χ3n) is 0.620. The number of halogens is 1. The molecule has 10 heavy (non-hydrogen) atoms. The number of hydrogen-bond donors (Lipinski definition) is 0. The van der Waals surface area contributed by atoms with Crippen molar-refractivity contribution in [2.75, 3.05) is 0 Å². The molecule has 58 valence electrons. The molecule has 0 atom stereocenters. The van der Waals surface area contributed by atoms with Crippen molar-refractivity contribution in [3.8, 4) is 0 Å². The van der Waals surface area contributed by atoms with E-state index in [9.17, 15) is 4.79 Å². The van der Waals surface area contributed by atoms with E-state index in [1.165, 1.54) is 0 Å². The van der Waals surface area contributed by atoms with Crippen molar-refractivity contribution in [3.05, 3.63) is 10.2 Å². The van der Waals surface area contributed by atoms with Crippen LogP contribution in [0.15, 0.2) is 10.2 Å². The number of esters is 1. The first-order chi connectivity index (χ1) is 4.33. The standard InChI is InChI=1S/C7H11IO2/c1-5(8)6(9)10-7(2,3)4/h1H2,2-4H3. The second-order valence-electron chi connectivity index (χ2n) is 2.91. The third-order valence-corrected chi connectivity index (χ3v) is 1.06. The summed E-state index contributed by atoms with van der Waals surface area (Å²) in [4.78, 5) is 10.8. The van der Waals surface area contributed by atoms with Crippen molar-refractivity contribution < 1.29 is 9.53 Å². The Bertz CT molecular complexity index is 155. The van der Waals surface area contributed by atoms with Crippen LogP contribution in [0.4, 0.5) is 0 Å². The monoisotopic (exact) mass is 254 g/mol. The van der Waals surface area contributed by atoms with E-state index in [0.29, 0.717) is 3.58 Å². The van der Waals surface area contributed by atoms with E-state index in [1.807, 2.05) is 43.4 Å². The molecule has 0 bridgehead atoms. The van der Waals surface area contributed by atoms with Crippen molar-refractivity contribution in [3.63, 3.8) is 0 Å². The highest BCUT2D eigenvalue weighted by Gasteiger charge is 2.16. The summed E-state index contributed by atoms with van der Waals surface area (Å²) >= 11 is 1.84. The van der Waals surface area contributed by atoms with Crippen molar-refractivity contribution in [1.29, 1.82) is 0 Å². The minimum absolute atomic E-state index is 0.340. The van der Waals surface area contributed by atoms with Gasteiger partial charge in [-0.15, -0.1) is 0 Å². The smallest absolute Gasteiger partial charge is 0.344 e. The molecular formula is C7H11IO2. The molecule has 0 fully saturated rings. The molecule has 3 heteroatoms. The number of carbonyl (C=O) groups excluding carboxylic acids is 1. The highest BCUT2D eigenvalue weighted by molar-refractivity contribution is 14.1. The van der Waals surface area contributed by atoms with E-state index >= 15 is 0 Å². The van der Waals surface area contributed by atoms with Crippen LogP contribution >= 0.6 is 22.6 Å². The summed E-state index contributed by atoms with van der Waals surface area (Å²) in [6, 6.07) is 0. The number of carbonyl (C=O) groups is 1. The van der Waals surface area contributed by atoms with Gasteiger partial charge < -0.3 is 4.74 Å². The topological polar surface area (TPSA) is 26.3 Å². The Morgan fingerprint density at radius 1 is 1.50 bits per heavy atom. The summed E-state index contributed by atoms with van der Waals surface area (Å²) < 4.78 is 5.36. The third kappa shape index (κ3) is 4.78. The summed E-state index contributed by atoms with van der Waals surface area (Å²) in [5.41, 5.74) is -0.412. The number of ether oxygens (including phenoxy) is 1. The van der Waals surface area contributed by atoms with Crippen molar-refractivity contribution in [1.82, 2.24) is 0 Å². The van der Waals surface area contributed by atoms with E-state index in [-0.39, 0.29) is 5.97 Å². The van der Waals surface area contributed by atoms with Crippen LogP contribution in [0, 0.1) is 0 Å². The highest BCUT2D eigenvalue weighted by atomic mass is 127. The first-order valence-electron chi connectivity index (χ1n) is 2.90. The minimum atomic E-state index is -0.412. The summed E-state index contributed by atoms with van der Waals surface area (Å²) in [5.74, 6) is -0.340. The number of hydrogen-bond acceptors (Lipinski definition) is 2. The fourth-order valence-electron chi connectivity index (χ4n) is 0.333. The lowest BCUT2D eigenvalue weighted by molar-refractivity contribution is -0.148. The number of rotatable bonds is 1. The molecular weight excluding hydrogens is 243 g/mol. The Morgan fingerprint density at radius 2 is 1.90 bits per heavy atom. The van der Waals surface area contributed by atoms with Crippen LogP contribution in [-0.2, 0) is 9.53 Å². The fraction of sp³-hybridized carbons (Fsp3) is 0.571. The Balaban J connectivity index is 3.93. The van der Waals surface area contributed by atoms with Gasteiger partial charge in [0.15, 0.2) is 0 Å². The Morgan fingerprint density at radius 3 is 2.00 bits per heavy atom. The minimum Gasteiger partial charge on any atom is -0.456 e. The fourth-order valence-corrected chi connectivity index (χ4v) is 0.444. The van der Waals surface area contributed by atoms with Gasteiger partial charge in [-0.25, -0.2) is 4.79 Å². The first kappa shape index (κ1) is 9.94. The van der Waals surface area contributed by atoms with Gasteiger partial charge >= 0.3 is 5.97 Å². The van der Waals surface area contributed by atoms with Crippen LogP contribution in [0.25, 0.3) is 0 Å². The van der Waals surface area contributed by atoms with Gasteiger partial charge in [-0.1, -0.05) is 6.58 Å². The largest absolute Gasteiger partial charge is 0.456 e. The quantitative estimate of drug-likeness (QED) is 0.407. The maximum Gasteiger partial charge on any atom is 0.344 e. The molecule has 0 aliphatic carbocycles. The van der Waals surface area contributed by atoms with Crippen LogP contribution in [0.1, 0.15) is 20.8 Å². The summed E-state index contributed by atoms with van der Waals surface area (Å²) in [5, 5.41) is 0. The molecule has 0 N–H and O–H groups in total. The van der Waals surface area contributed by atoms with E-state index < -0.39 is 5.60 Å². The van der Waals surface area contributed by atoms with Crippen LogP contribution < -0.4 is 0 Å². The van der Waals surface area contributed by atoms with E-state index in [4.69, 9.17) is 4.74 Å². The predicted octanol–water partition coefficient (Wildman–Crippen LogP) is 2.28. The van der Waals surface area contributed by atoms with E-state index in [2.05, 4.69) is 6.58 Å². The average molecular weight is 254 g/mol. The molecule has 0 aromatic carbocycles. The molecule has 0 heterocycles. The molecule has 0 aliphatic rings. The lowest BCUT2D eigenvalue weighted by Crippen LogP contribution is -2.23. The molecule has 0 saturated carbocycles. The van der Waals surface area contributed by atoms with E-state index in [0.717, 1.165) is 0 Å². The second kappa shape index (κ2) is 3.37. The molecule has 0 aromatic heterocycles. The van der Waals surface area contributed by atoms with Crippen molar-refractivity contribution in [2.24, 2.45) is 0 Å². The predicted molar refractivity (Wildman–Crippen MR) is 49.0 cm³/mol. The molecule has 0 amide bonds. The zero-order valence-corrected chi connectivity index (χ0v) is 8.56. The van der Waals surface area contributed by atoms with Crippen molar-refractivity contribution in [2.45, 2.75) is 26.4 Å². The molecule has 0 spiro atoms. The molecule has 0 radical (unpaired) electrons. The van der Waals surface area contributed by atoms with Gasteiger partial charge in [-0.3, -0.25) is 0 Å². The summed E-state index contributed by atoms with van der Waals surface area (Å²) in [6.07, 6.45) is 0. The molecule has 0 unspecified atom stereocenters. The zero-order valence-electron chi connectivity index (χ0n) is 6.40. The Kier molecular flexibility index (Phi) is 3.35. The van der Waals surface area contributed by atoms with Gasteiger partial charge in [0, 0.05) is 0 Å². The SMILES string of the molecule is C=C(I)C(=O)OC(C)(C)C. The zero-order chi connectivity index (χ0) is 8.36. The van der Waals surface area contributed by atoms with Gasteiger partial charge in [0.1, 0.15) is 5.60 Å². The molecule has 0 aliphatic heterocycles. The average Bonchev–Trinajstić information content (AvgIpc) is 1.60. The maximum absolute atomic E-state index is 10.8. The maximum atomic E-state index is 10.8. The molecule has 0 aromatic rings. The van der Waals surface area contributed by atoms with Gasteiger partial charge in [0.2, 0.25) is 0 Å².